The van der Waals surface area contributed by atoms with Crippen LogP contribution in [-0.2, 0) is 32.3 Å². The van der Waals surface area contributed by atoms with Gasteiger partial charge in [-0.2, -0.15) is 0 Å². The van der Waals surface area contributed by atoms with Gasteiger partial charge in [0.25, 0.3) is 11.8 Å². The number of fused-ring (bicyclic) bond motifs is 1. The standard InChI is InChI=1S/C26H32FN3O6S/c1-26(25(32)28-33,37(2,34)35)10-12-30-17-22-21(24(30)31)8-7-20(23(22)27)19-5-3-18(4-6-19)9-11-29-13-15-36-16-14-29/h3-8,33H,9-17H2,1-2H3,(H,28,32)/t26-/m1/s1. The topological polar surface area (TPSA) is 116 Å². The molecule has 9 nitrogen and oxygen atoms in total. The molecule has 1 atom stereocenters. The number of rotatable bonds is 9. The van der Waals surface area contributed by atoms with Crippen LogP contribution in [-0.4, -0.2) is 85.6 Å². The fourth-order valence-corrected chi connectivity index (χ4v) is 5.55. The molecule has 0 aliphatic carbocycles. The Labute approximate surface area is 216 Å². The molecule has 2 aliphatic rings. The number of nitrogens with zero attached hydrogens (tertiary/aromatic N) is 2. The van der Waals surface area contributed by atoms with Gasteiger partial charge in [-0.1, -0.05) is 30.3 Å². The Kier molecular flexibility index (Phi) is 7.98. The van der Waals surface area contributed by atoms with Crippen LogP contribution >= 0.6 is 0 Å². The van der Waals surface area contributed by atoms with Gasteiger partial charge in [0.2, 0.25) is 0 Å². The Bertz CT molecular complexity index is 1280. The Morgan fingerprint density at radius 2 is 1.76 bits per heavy atom. The van der Waals surface area contributed by atoms with Gasteiger partial charge < -0.3 is 9.64 Å². The lowest BCUT2D eigenvalue weighted by molar-refractivity contribution is -0.131. The van der Waals surface area contributed by atoms with Crippen molar-refractivity contribution in [3.8, 4) is 11.1 Å². The number of sulfone groups is 1. The molecule has 2 N–H and O–H groups in total. The third-order valence-corrected chi connectivity index (χ3v) is 9.48. The van der Waals surface area contributed by atoms with Crippen molar-refractivity contribution in [1.82, 2.24) is 15.3 Å². The second-order valence-electron chi connectivity index (χ2n) is 9.77. The van der Waals surface area contributed by atoms with E-state index in [-0.39, 0.29) is 30.6 Å². The van der Waals surface area contributed by atoms with Crippen molar-refractivity contribution in [2.45, 2.75) is 31.1 Å². The molecule has 0 unspecified atom stereocenters. The summed E-state index contributed by atoms with van der Waals surface area (Å²) in [6, 6.07) is 10.9. The summed E-state index contributed by atoms with van der Waals surface area (Å²) in [7, 11) is -3.91. The lowest BCUT2D eigenvalue weighted by atomic mass is 9.98. The van der Waals surface area contributed by atoms with Crippen LogP contribution in [0.3, 0.4) is 0 Å². The molecule has 2 amide bonds. The number of hydrogen-bond donors (Lipinski definition) is 2. The number of hydrogen-bond acceptors (Lipinski definition) is 7. The predicted molar refractivity (Wildman–Crippen MR) is 135 cm³/mol. The van der Waals surface area contributed by atoms with Crippen LogP contribution < -0.4 is 5.48 Å². The zero-order chi connectivity index (χ0) is 26.8. The van der Waals surface area contributed by atoms with Crippen molar-refractivity contribution < 1.29 is 32.3 Å². The van der Waals surface area contributed by atoms with Gasteiger partial charge in [-0.25, -0.2) is 18.3 Å². The number of morpholine rings is 1. The van der Waals surface area contributed by atoms with Gasteiger partial charge in [0.05, 0.1) is 13.2 Å². The molecular formula is C26H32FN3O6S. The molecule has 2 aromatic rings. The number of halogens is 1. The predicted octanol–water partition coefficient (Wildman–Crippen LogP) is 2.02. The van der Waals surface area contributed by atoms with E-state index in [4.69, 9.17) is 9.94 Å². The molecule has 37 heavy (non-hydrogen) atoms. The second-order valence-corrected chi connectivity index (χ2v) is 12.2. The van der Waals surface area contributed by atoms with E-state index in [0.29, 0.717) is 11.1 Å². The molecular weight excluding hydrogens is 501 g/mol. The quantitative estimate of drug-likeness (QED) is 0.374. The Morgan fingerprint density at radius 1 is 1.11 bits per heavy atom. The van der Waals surface area contributed by atoms with Gasteiger partial charge in [0, 0.05) is 55.7 Å². The van der Waals surface area contributed by atoms with Crippen molar-refractivity contribution >= 4 is 21.7 Å². The number of benzene rings is 2. The van der Waals surface area contributed by atoms with Gasteiger partial charge in [0.1, 0.15) is 5.82 Å². The number of carbonyl (C=O) groups excluding carboxylic acids is 2. The second kappa shape index (κ2) is 10.9. The van der Waals surface area contributed by atoms with Crippen LogP contribution in [0, 0.1) is 5.82 Å². The summed E-state index contributed by atoms with van der Waals surface area (Å²) in [4.78, 5) is 28.6. The maximum absolute atomic E-state index is 15.6. The molecule has 4 rings (SSSR count). The fourth-order valence-electron chi connectivity index (χ4n) is 4.71. The molecule has 2 aromatic carbocycles. The lowest BCUT2D eigenvalue weighted by Gasteiger charge is -2.27. The third kappa shape index (κ3) is 5.54. The van der Waals surface area contributed by atoms with E-state index in [2.05, 4.69) is 4.90 Å². The van der Waals surface area contributed by atoms with Crippen LogP contribution in [0.1, 0.15) is 34.8 Å². The first-order valence-electron chi connectivity index (χ1n) is 12.2. The van der Waals surface area contributed by atoms with E-state index in [1.807, 2.05) is 24.3 Å². The first-order valence-corrected chi connectivity index (χ1v) is 14.1. The average Bonchev–Trinajstić information content (AvgIpc) is 3.22. The van der Waals surface area contributed by atoms with E-state index >= 15 is 4.39 Å². The van der Waals surface area contributed by atoms with E-state index < -0.39 is 32.2 Å². The largest absolute Gasteiger partial charge is 0.379 e. The molecule has 0 radical (unpaired) electrons. The summed E-state index contributed by atoms with van der Waals surface area (Å²) in [6.45, 7) is 5.35. The molecule has 0 spiro atoms. The maximum atomic E-state index is 15.6. The van der Waals surface area contributed by atoms with E-state index in [0.717, 1.165) is 51.1 Å². The van der Waals surface area contributed by atoms with Crippen LogP contribution in [0.4, 0.5) is 4.39 Å². The Morgan fingerprint density at radius 3 is 2.38 bits per heavy atom. The van der Waals surface area contributed by atoms with Crippen molar-refractivity contribution in [2.24, 2.45) is 0 Å². The number of carbonyl (C=O) groups is 2. The fraction of sp³-hybridized carbons (Fsp3) is 0.462. The molecule has 1 saturated heterocycles. The van der Waals surface area contributed by atoms with Crippen LogP contribution in [0.25, 0.3) is 11.1 Å². The van der Waals surface area contributed by atoms with Crippen LogP contribution in [0.5, 0.6) is 0 Å². The van der Waals surface area contributed by atoms with Gasteiger partial charge in [-0.05, 0) is 37.0 Å². The summed E-state index contributed by atoms with van der Waals surface area (Å²) in [5.41, 5.74) is 4.09. The molecule has 200 valence electrons. The zero-order valence-corrected chi connectivity index (χ0v) is 21.8. The van der Waals surface area contributed by atoms with Gasteiger partial charge >= 0.3 is 0 Å². The van der Waals surface area contributed by atoms with E-state index in [1.54, 1.807) is 12.1 Å². The Hall–Kier alpha value is -2.86. The normalized spacial score (nSPS) is 17.9. The van der Waals surface area contributed by atoms with Crippen LogP contribution in [0.2, 0.25) is 0 Å². The maximum Gasteiger partial charge on any atom is 0.264 e. The average molecular weight is 534 g/mol. The zero-order valence-electron chi connectivity index (χ0n) is 21.0. The van der Waals surface area contributed by atoms with Crippen molar-refractivity contribution in [3.05, 3.63) is 58.9 Å². The number of amides is 2. The van der Waals surface area contributed by atoms with Gasteiger partial charge in [-0.15, -0.1) is 0 Å². The van der Waals surface area contributed by atoms with E-state index in [9.17, 15) is 18.0 Å². The summed E-state index contributed by atoms with van der Waals surface area (Å²) in [5, 5.41) is 9.00. The Balaban J connectivity index is 1.46. The molecule has 11 heteroatoms. The van der Waals surface area contributed by atoms with E-state index in [1.165, 1.54) is 17.3 Å². The summed E-state index contributed by atoms with van der Waals surface area (Å²) in [5.74, 6) is -2.01. The minimum Gasteiger partial charge on any atom is -0.379 e. The minimum atomic E-state index is -3.91. The highest BCUT2D eigenvalue weighted by Crippen LogP contribution is 2.33. The summed E-state index contributed by atoms with van der Waals surface area (Å²) < 4.78 is 43.4. The van der Waals surface area contributed by atoms with Crippen LogP contribution in [0.15, 0.2) is 36.4 Å². The smallest absolute Gasteiger partial charge is 0.264 e. The highest BCUT2D eigenvalue weighted by Gasteiger charge is 2.44. The number of hydroxylamine groups is 1. The molecule has 2 heterocycles. The number of ether oxygens (including phenoxy) is 1. The summed E-state index contributed by atoms with van der Waals surface area (Å²) >= 11 is 0. The molecule has 0 saturated carbocycles. The molecule has 1 fully saturated rings. The lowest BCUT2D eigenvalue weighted by Crippen LogP contribution is -2.50. The summed E-state index contributed by atoms with van der Waals surface area (Å²) in [6.07, 6.45) is 1.53. The molecule has 0 aromatic heterocycles. The van der Waals surface area contributed by atoms with Crippen molar-refractivity contribution in [2.75, 3.05) is 45.6 Å². The molecule has 0 bridgehead atoms. The van der Waals surface area contributed by atoms with Crippen molar-refractivity contribution in [3.63, 3.8) is 0 Å². The van der Waals surface area contributed by atoms with Gasteiger partial charge in [-0.3, -0.25) is 19.7 Å². The van der Waals surface area contributed by atoms with Crippen molar-refractivity contribution in [1.29, 1.82) is 0 Å². The molecule has 2 aliphatic heterocycles. The highest BCUT2D eigenvalue weighted by atomic mass is 32.2. The SMILES string of the molecule is C[C@@](CCN1Cc2c(ccc(-c3ccc(CCN4CCOCC4)cc3)c2F)C1=O)(C(=O)NO)S(C)(=O)=O. The minimum absolute atomic E-state index is 0.0357. The first-order chi connectivity index (χ1) is 17.5. The third-order valence-electron chi connectivity index (χ3n) is 7.45. The monoisotopic (exact) mass is 533 g/mol. The first kappa shape index (κ1) is 27.2. The number of nitrogens with one attached hydrogen (secondary N) is 1. The van der Waals surface area contributed by atoms with Gasteiger partial charge in [0.15, 0.2) is 14.6 Å². The highest BCUT2D eigenvalue weighted by molar-refractivity contribution is 7.92.